The summed E-state index contributed by atoms with van der Waals surface area (Å²) in [5, 5.41) is 10.3. The van der Waals surface area contributed by atoms with Crippen LogP contribution in [0.3, 0.4) is 0 Å². The first-order valence-electron chi connectivity index (χ1n) is 11.1. The maximum atomic E-state index is 10.3. The van der Waals surface area contributed by atoms with Gasteiger partial charge in [0.1, 0.15) is 0 Å². The van der Waals surface area contributed by atoms with E-state index in [0.29, 0.717) is 29.0 Å². The predicted octanol–water partition coefficient (Wildman–Crippen LogP) is 5.06. The second-order valence-corrected chi connectivity index (χ2v) is 9.92. The third kappa shape index (κ3) is 3.16. The molecule has 0 aromatic rings. The Morgan fingerprint density at radius 1 is 0.846 bits per heavy atom. The quantitative estimate of drug-likeness (QED) is 0.743. The molecule has 0 heterocycles. The largest absolute Gasteiger partial charge is 0.393 e. The van der Waals surface area contributed by atoms with Crippen molar-refractivity contribution in [3.8, 4) is 0 Å². The lowest BCUT2D eigenvalue weighted by molar-refractivity contribution is -0.175. The highest BCUT2D eigenvalue weighted by atomic mass is 16.5. The molecule has 3 nitrogen and oxygen atoms in total. The van der Waals surface area contributed by atoms with Crippen molar-refractivity contribution in [2.45, 2.75) is 97.4 Å². The van der Waals surface area contributed by atoms with Crippen LogP contribution in [0, 0.1) is 34.5 Å². The van der Waals surface area contributed by atoms with Crippen molar-refractivity contribution in [2.24, 2.45) is 34.5 Å². The SMILES string of the molecule is CC.CO[C@@H]1C[C@@H]2[C@H]3C[C@H](OC)[C@@H]4C[C@@H](O)CC[C@@]4(C)[C@@H]3CC[C@@]2(C)C1. The summed E-state index contributed by atoms with van der Waals surface area (Å²) in [5.74, 6) is 2.93. The molecule has 0 amide bonds. The maximum absolute atomic E-state index is 10.3. The number of methoxy groups -OCH3 is 2. The van der Waals surface area contributed by atoms with Crippen LogP contribution in [0.5, 0.6) is 0 Å². The summed E-state index contributed by atoms with van der Waals surface area (Å²) in [7, 11) is 3.78. The molecule has 4 aliphatic carbocycles. The highest BCUT2D eigenvalue weighted by Crippen LogP contribution is 2.66. The van der Waals surface area contributed by atoms with Gasteiger partial charge in [0.25, 0.3) is 0 Å². The van der Waals surface area contributed by atoms with Crippen molar-refractivity contribution >= 4 is 0 Å². The first-order chi connectivity index (χ1) is 12.4. The van der Waals surface area contributed by atoms with Crippen LogP contribution in [0.15, 0.2) is 0 Å². The molecule has 4 saturated carbocycles. The molecule has 9 atom stereocenters. The molecular formula is C23H42O3. The van der Waals surface area contributed by atoms with Gasteiger partial charge in [-0.1, -0.05) is 27.7 Å². The molecule has 3 heteroatoms. The van der Waals surface area contributed by atoms with Gasteiger partial charge in [-0.25, -0.2) is 0 Å². The minimum atomic E-state index is -0.115. The molecule has 4 rings (SSSR count). The number of aliphatic hydroxyl groups excluding tert-OH is 1. The Morgan fingerprint density at radius 3 is 2.23 bits per heavy atom. The fourth-order valence-electron chi connectivity index (χ4n) is 7.68. The molecular weight excluding hydrogens is 324 g/mol. The van der Waals surface area contributed by atoms with Crippen LogP contribution in [0.4, 0.5) is 0 Å². The zero-order valence-corrected chi connectivity index (χ0v) is 18.0. The fourth-order valence-corrected chi connectivity index (χ4v) is 7.68. The maximum Gasteiger partial charge on any atom is 0.0608 e. The smallest absolute Gasteiger partial charge is 0.0608 e. The van der Waals surface area contributed by atoms with E-state index in [4.69, 9.17) is 9.47 Å². The van der Waals surface area contributed by atoms with Crippen LogP contribution in [0.1, 0.15) is 79.1 Å². The molecule has 4 fully saturated rings. The number of rotatable bonds is 2. The van der Waals surface area contributed by atoms with Gasteiger partial charge < -0.3 is 14.6 Å². The minimum absolute atomic E-state index is 0.115. The Morgan fingerprint density at radius 2 is 1.58 bits per heavy atom. The number of aliphatic hydroxyl groups is 1. The Labute approximate surface area is 161 Å². The topological polar surface area (TPSA) is 38.7 Å². The van der Waals surface area contributed by atoms with Gasteiger partial charge in [0, 0.05) is 14.2 Å². The summed E-state index contributed by atoms with van der Waals surface area (Å²) in [6.45, 7) is 9.05. The van der Waals surface area contributed by atoms with E-state index < -0.39 is 0 Å². The predicted molar refractivity (Wildman–Crippen MR) is 106 cm³/mol. The normalized spacial score (nSPS) is 53.0. The lowest BCUT2D eigenvalue weighted by atomic mass is 9.44. The van der Waals surface area contributed by atoms with Crippen molar-refractivity contribution in [2.75, 3.05) is 14.2 Å². The van der Waals surface area contributed by atoms with Crippen molar-refractivity contribution in [1.82, 2.24) is 0 Å². The molecule has 1 N–H and O–H groups in total. The van der Waals surface area contributed by atoms with E-state index in [0.717, 1.165) is 30.6 Å². The van der Waals surface area contributed by atoms with Gasteiger partial charge >= 0.3 is 0 Å². The van der Waals surface area contributed by atoms with E-state index in [2.05, 4.69) is 13.8 Å². The van der Waals surface area contributed by atoms with E-state index in [1.54, 1.807) is 0 Å². The standard InChI is InChI=1S/C21H36O3.C2H6/c1-20-7-6-16-15(17(20)10-14(12-20)23-3)11-19(24-4)18-9-13(22)5-8-21(16,18)2;1-2/h13-19,22H,5-12H2,1-4H3;1-2H3/t13-,14+,15-,16+,17+,18-,19-,20-,21-;/m0./s1. The summed E-state index contributed by atoms with van der Waals surface area (Å²) < 4.78 is 11.8. The molecule has 0 aliphatic heterocycles. The van der Waals surface area contributed by atoms with E-state index in [9.17, 15) is 5.11 Å². The van der Waals surface area contributed by atoms with Gasteiger partial charge in [0.2, 0.25) is 0 Å². The van der Waals surface area contributed by atoms with Gasteiger partial charge in [0.15, 0.2) is 0 Å². The molecule has 0 saturated heterocycles. The Balaban J connectivity index is 0.000000948. The average Bonchev–Trinajstić information content (AvgIpc) is 3.00. The number of hydrogen-bond donors (Lipinski definition) is 1. The molecule has 0 aromatic carbocycles. The van der Waals surface area contributed by atoms with E-state index in [1.807, 2.05) is 28.1 Å². The first-order valence-corrected chi connectivity index (χ1v) is 11.1. The van der Waals surface area contributed by atoms with Crippen LogP contribution >= 0.6 is 0 Å². The minimum Gasteiger partial charge on any atom is -0.393 e. The first kappa shape index (κ1) is 20.6. The fraction of sp³-hybridized carbons (Fsp3) is 1.00. The Hall–Kier alpha value is -0.120. The van der Waals surface area contributed by atoms with Crippen molar-refractivity contribution in [1.29, 1.82) is 0 Å². The van der Waals surface area contributed by atoms with Crippen LogP contribution < -0.4 is 0 Å². The molecule has 152 valence electrons. The number of ether oxygens (including phenoxy) is 2. The van der Waals surface area contributed by atoms with Crippen LogP contribution in [0.2, 0.25) is 0 Å². The van der Waals surface area contributed by atoms with E-state index in [1.165, 1.54) is 38.5 Å². The summed E-state index contributed by atoms with van der Waals surface area (Å²) >= 11 is 0. The molecule has 4 aliphatic rings. The molecule has 26 heavy (non-hydrogen) atoms. The highest BCUT2D eigenvalue weighted by molar-refractivity contribution is 5.10. The molecule has 0 radical (unpaired) electrons. The second kappa shape index (κ2) is 7.72. The van der Waals surface area contributed by atoms with Crippen LogP contribution in [-0.4, -0.2) is 37.6 Å². The summed E-state index contributed by atoms with van der Waals surface area (Å²) in [5.41, 5.74) is 0.826. The van der Waals surface area contributed by atoms with Gasteiger partial charge in [-0.3, -0.25) is 0 Å². The van der Waals surface area contributed by atoms with Crippen LogP contribution in [0.25, 0.3) is 0 Å². The highest BCUT2D eigenvalue weighted by Gasteiger charge is 2.61. The number of hydrogen-bond acceptors (Lipinski definition) is 3. The number of fused-ring (bicyclic) bond motifs is 5. The third-order valence-electron chi connectivity index (χ3n) is 8.99. The molecule has 0 spiro atoms. The van der Waals surface area contributed by atoms with Gasteiger partial charge in [-0.05, 0) is 85.9 Å². The van der Waals surface area contributed by atoms with Crippen molar-refractivity contribution < 1.29 is 14.6 Å². The Kier molecular flexibility index (Phi) is 6.12. The summed E-state index contributed by atoms with van der Waals surface area (Å²) in [4.78, 5) is 0. The van der Waals surface area contributed by atoms with E-state index >= 15 is 0 Å². The zero-order chi connectivity index (χ0) is 19.1. The van der Waals surface area contributed by atoms with Gasteiger partial charge in [0.05, 0.1) is 18.3 Å². The van der Waals surface area contributed by atoms with Crippen LogP contribution in [-0.2, 0) is 9.47 Å². The molecule has 0 unspecified atom stereocenters. The lowest BCUT2D eigenvalue weighted by Gasteiger charge is -2.62. The molecule has 0 bridgehead atoms. The van der Waals surface area contributed by atoms with Crippen molar-refractivity contribution in [3.63, 3.8) is 0 Å². The summed E-state index contributed by atoms with van der Waals surface area (Å²) in [6.07, 6.45) is 10.2. The van der Waals surface area contributed by atoms with Crippen molar-refractivity contribution in [3.05, 3.63) is 0 Å². The molecule has 0 aromatic heterocycles. The monoisotopic (exact) mass is 366 g/mol. The van der Waals surface area contributed by atoms with Gasteiger partial charge in [-0.15, -0.1) is 0 Å². The second-order valence-electron chi connectivity index (χ2n) is 9.92. The lowest BCUT2D eigenvalue weighted by Crippen LogP contribution is -2.58. The summed E-state index contributed by atoms with van der Waals surface area (Å²) in [6, 6.07) is 0. The third-order valence-corrected chi connectivity index (χ3v) is 8.99. The average molecular weight is 367 g/mol. The van der Waals surface area contributed by atoms with E-state index in [-0.39, 0.29) is 6.10 Å². The Bertz CT molecular complexity index is 480. The van der Waals surface area contributed by atoms with Gasteiger partial charge in [-0.2, -0.15) is 0 Å². The zero-order valence-electron chi connectivity index (χ0n) is 18.0.